The van der Waals surface area contributed by atoms with Gasteiger partial charge in [0.05, 0.1) is 0 Å². The summed E-state index contributed by atoms with van der Waals surface area (Å²) >= 11 is 0. The SMILES string of the molecule is C=C[C@@H]1C[C@H](C(=O)OC(C)(C)C)N(C(=O)OC(C)(C)C)[C@@H]1CCC(=C)C. The summed E-state index contributed by atoms with van der Waals surface area (Å²) in [7, 11) is 0. The Bertz CT molecular complexity index is 553. The Balaban J connectivity index is 3.16. The summed E-state index contributed by atoms with van der Waals surface area (Å²) < 4.78 is 11.1. The summed E-state index contributed by atoms with van der Waals surface area (Å²) in [5.74, 6) is -0.382. The van der Waals surface area contributed by atoms with E-state index in [9.17, 15) is 9.59 Å². The molecule has 0 N–H and O–H groups in total. The fraction of sp³-hybridized carbons (Fsp3) is 0.714. The molecule has 0 radical (unpaired) electrons. The van der Waals surface area contributed by atoms with Crippen molar-refractivity contribution < 1.29 is 19.1 Å². The number of likely N-dealkylation sites (tertiary alicyclic amines) is 1. The molecule has 0 bridgehead atoms. The van der Waals surface area contributed by atoms with E-state index < -0.39 is 29.3 Å². The highest BCUT2D eigenvalue weighted by molar-refractivity contribution is 5.83. The first kappa shape index (κ1) is 22.3. The quantitative estimate of drug-likeness (QED) is 0.515. The molecule has 5 nitrogen and oxygen atoms in total. The van der Waals surface area contributed by atoms with Crippen molar-refractivity contribution in [3.8, 4) is 0 Å². The molecule has 1 amide bonds. The molecule has 148 valence electrons. The monoisotopic (exact) mass is 365 g/mol. The van der Waals surface area contributed by atoms with Gasteiger partial charge >= 0.3 is 12.1 Å². The molecule has 0 saturated carbocycles. The van der Waals surface area contributed by atoms with Gasteiger partial charge in [-0.25, -0.2) is 9.59 Å². The van der Waals surface area contributed by atoms with Gasteiger partial charge in [0.2, 0.25) is 0 Å². The molecule has 1 rings (SSSR count). The van der Waals surface area contributed by atoms with Crippen LogP contribution in [0.4, 0.5) is 4.79 Å². The van der Waals surface area contributed by atoms with E-state index in [0.29, 0.717) is 12.8 Å². The maximum absolute atomic E-state index is 12.9. The lowest BCUT2D eigenvalue weighted by molar-refractivity contribution is -0.160. The number of rotatable bonds is 5. The van der Waals surface area contributed by atoms with Crippen molar-refractivity contribution in [1.82, 2.24) is 4.90 Å². The van der Waals surface area contributed by atoms with Crippen molar-refractivity contribution in [2.24, 2.45) is 5.92 Å². The van der Waals surface area contributed by atoms with E-state index in [4.69, 9.17) is 9.47 Å². The van der Waals surface area contributed by atoms with E-state index in [1.807, 2.05) is 54.5 Å². The summed E-state index contributed by atoms with van der Waals surface area (Å²) in [6, 6.07) is -0.821. The molecule has 1 saturated heterocycles. The van der Waals surface area contributed by atoms with Crippen molar-refractivity contribution in [3.63, 3.8) is 0 Å². The van der Waals surface area contributed by atoms with Gasteiger partial charge in [-0.05, 0) is 73.6 Å². The summed E-state index contributed by atoms with van der Waals surface area (Å²) in [6.07, 6.45) is 3.33. The lowest BCUT2D eigenvalue weighted by Gasteiger charge is -2.33. The molecule has 0 aliphatic carbocycles. The van der Waals surface area contributed by atoms with Crippen LogP contribution in [0.5, 0.6) is 0 Å². The number of hydrogen-bond donors (Lipinski definition) is 0. The molecule has 0 aromatic heterocycles. The van der Waals surface area contributed by atoms with Crippen LogP contribution in [0.2, 0.25) is 0 Å². The predicted octanol–water partition coefficient (Wildman–Crippen LogP) is 4.86. The van der Waals surface area contributed by atoms with Gasteiger partial charge in [-0.2, -0.15) is 0 Å². The number of nitrogens with zero attached hydrogens (tertiary/aromatic N) is 1. The molecular weight excluding hydrogens is 330 g/mol. The molecule has 3 atom stereocenters. The molecule has 26 heavy (non-hydrogen) atoms. The van der Waals surface area contributed by atoms with Gasteiger partial charge < -0.3 is 9.47 Å². The molecule has 5 heteroatoms. The largest absolute Gasteiger partial charge is 0.458 e. The highest BCUT2D eigenvalue weighted by Gasteiger charge is 2.48. The lowest BCUT2D eigenvalue weighted by atomic mass is 9.94. The normalized spacial score (nSPS) is 23.5. The van der Waals surface area contributed by atoms with Crippen molar-refractivity contribution in [1.29, 1.82) is 0 Å². The van der Waals surface area contributed by atoms with Crippen LogP contribution < -0.4 is 0 Å². The average molecular weight is 366 g/mol. The highest BCUT2D eigenvalue weighted by Crippen LogP contribution is 2.36. The second kappa shape index (κ2) is 8.28. The predicted molar refractivity (Wildman–Crippen MR) is 104 cm³/mol. The van der Waals surface area contributed by atoms with Crippen LogP contribution in [-0.2, 0) is 14.3 Å². The summed E-state index contributed by atoms with van der Waals surface area (Å²) in [6.45, 7) is 20.7. The summed E-state index contributed by atoms with van der Waals surface area (Å²) in [5.41, 5.74) is -0.214. The second-order valence-electron chi connectivity index (χ2n) is 9.14. The topological polar surface area (TPSA) is 55.8 Å². The first-order valence-corrected chi connectivity index (χ1v) is 9.26. The smallest absolute Gasteiger partial charge is 0.411 e. The van der Waals surface area contributed by atoms with E-state index in [0.717, 1.165) is 12.0 Å². The minimum Gasteiger partial charge on any atom is -0.458 e. The zero-order valence-corrected chi connectivity index (χ0v) is 17.4. The first-order chi connectivity index (χ1) is 11.7. The standard InChI is InChI=1S/C21H35NO4/c1-10-15-13-17(18(23)25-20(4,5)6)22(16(15)12-11-14(2)3)19(24)26-21(7,8)9/h10,15-17H,1-2,11-13H2,3-9H3/t15-,16-,17-/m1/s1. The van der Waals surface area contributed by atoms with E-state index in [1.165, 1.54) is 0 Å². The average Bonchev–Trinajstić information content (AvgIpc) is 2.80. The van der Waals surface area contributed by atoms with Crippen molar-refractivity contribution >= 4 is 12.1 Å². The molecular formula is C21H35NO4. The number of amides is 1. The Morgan fingerprint density at radius 2 is 1.65 bits per heavy atom. The van der Waals surface area contributed by atoms with Gasteiger partial charge in [0.1, 0.15) is 17.2 Å². The van der Waals surface area contributed by atoms with E-state index in [2.05, 4.69) is 13.2 Å². The van der Waals surface area contributed by atoms with Gasteiger partial charge in [-0.3, -0.25) is 4.90 Å². The maximum Gasteiger partial charge on any atom is 0.411 e. The van der Waals surface area contributed by atoms with Gasteiger partial charge in [-0.15, -0.1) is 13.2 Å². The van der Waals surface area contributed by atoms with E-state index in [1.54, 1.807) is 4.90 Å². The maximum atomic E-state index is 12.9. The number of ether oxygens (including phenoxy) is 2. The molecule has 0 aromatic rings. The lowest BCUT2D eigenvalue weighted by Crippen LogP contribution is -2.49. The third kappa shape index (κ3) is 6.50. The molecule has 1 aliphatic heterocycles. The van der Waals surface area contributed by atoms with Crippen LogP contribution in [-0.4, -0.2) is 40.2 Å². The van der Waals surface area contributed by atoms with Crippen LogP contribution in [0.25, 0.3) is 0 Å². The van der Waals surface area contributed by atoms with Gasteiger partial charge in [0.25, 0.3) is 0 Å². The van der Waals surface area contributed by atoms with Gasteiger partial charge in [0, 0.05) is 6.04 Å². The fourth-order valence-corrected chi connectivity index (χ4v) is 3.12. The Morgan fingerprint density at radius 3 is 2.08 bits per heavy atom. The summed E-state index contributed by atoms with van der Waals surface area (Å²) in [5, 5.41) is 0. The van der Waals surface area contributed by atoms with Crippen LogP contribution in [0.1, 0.15) is 67.7 Å². The Kier molecular flexibility index (Phi) is 7.09. The van der Waals surface area contributed by atoms with Crippen LogP contribution in [0.3, 0.4) is 0 Å². The first-order valence-electron chi connectivity index (χ1n) is 9.26. The molecule has 0 spiro atoms. The van der Waals surface area contributed by atoms with Gasteiger partial charge in [0.15, 0.2) is 0 Å². The number of esters is 1. The zero-order chi connectivity index (χ0) is 20.3. The number of hydrogen-bond acceptors (Lipinski definition) is 4. The van der Waals surface area contributed by atoms with Crippen molar-refractivity contribution in [2.45, 2.75) is 91.0 Å². The molecule has 1 aliphatic rings. The third-order valence-corrected chi connectivity index (χ3v) is 4.14. The minimum absolute atomic E-state index is 0.0133. The van der Waals surface area contributed by atoms with Gasteiger partial charge in [-0.1, -0.05) is 11.6 Å². The van der Waals surface area contributed by atoms with E-state index >= 15 is 0 Å². The van der Waals surface area contributed by atoms with Crippen LogP contribution in [0, 0.1) is 5.92 Å². The molecule has 0 aromatic carbocycles. The Hall–Kier alpha value is -1.78. The number of carbonyl (C=O) groups is 2. The fourth-order valence-electron chi connectivity index (χ4n) is 3.12. The minimum atomic E-state index is -0.665. The Labute approximate surface area is 158 Å². The highest BCUT2D eigenvalue weighted by atomic mass is 16.6. The second-order valence-corrected chi connectivity index (χ2v) is 9.14. The zero-order valence-electron chi connectivity index (χ0n) is 17.4. The van der Waals surface area contributed by atoms with Crippen molar-refractivity contribution in [2.75, 3.05) is 0 Å². The molecule has 1 fully saturated rings. The number of carbonyl (C=O) groups excluding carboxylic acids is 2. The third-order valence-electron chi connectivity index (χ3n) is 4.14. The summed E-state index contributed by atoms with van der Waals surface area (Å²) in [4.78, 5) is 27.2. The Morgan fingerprint density at radius 1 is 1.12 bits per heavy atom. The van der Waals surface area contributed by atoms with Crippen molar-refractivity contribution in [3.05, 3.63) is 24.8 Å². The van der Waals surface area contributed by atoms with Crippen LogP contribution in [0.15, 0.2) is 24.8 Å². The van der Waals surface area contributed by atoms with E-state index in [-0.39, 0.29) is 12.0 Å². The number of allylic oxidation sites excluding steroid dienone is 1. The van der Waals surface area contributed by atoms with Crippen LogP contribution >= 0.6 is 0 Å². The molecule has 1 heterocycles. The molecule has 0 unspecified atom stereocenters.